The zero-order chi connectivity index (χ0) is 15.1. The van der Waals surface area contributed by atoms with Gasteiger partial charge in [0.15, 0.2) is 0 Å². The average molecular weight is 289 g/mol. The summed E-state index contributed by atoms with van der Waals surface area (Å²) in [6, 6.07) is 13.9. The van der Waals surface area contributed by atoms with Crippen molar-refractivity contribution in [2.45, 2.75) is 12.5 Å². The van der Waals surface area contributed by atoms with E-state index in [4.69, 9.17) is 4.74 Å². The van der Waals surface area contributed by atoms with Crippen molar-refractivity contribution in [1.82, 2.24) is 0 Å². The number of benzene rings is 2. The van der Waals surface area contributed by atoms with Crippen LogP contribution in [0.1, 0.15) is 17.2 Å². The zero-order valence-electron chi connectivity index (χ0n) is 12.1. The first kappa shape index (κ1) is 15.5. The Bertz CT molecular complexity index is 574. The molecule has 0 radical (unpaired) electrons. The predicted molar refractivity (Wildman–Crippen MR) is 81.9 cm³/mol. The first-order valence-electron chi connectivity index (χ1n) is 6.95. The summed E-state index contributed by atoms with van der Waals surface area (Å²) in [6.07, 6.45) is 0.0478. The summed E-state index contributed by atoms with van der Waals surface area (Å²) in [7, 11) is 1.67. The number of anilines is 1. The van der Waals surface area contributed by atoms with Crippen molar-refractivity contribution in [2.24, 2.45) is 0 Å². The predicted octanol–water partition coefficient (Wildman–Crippen LogP) is 3.16. The van der Waals surface area contributed by atoms with Gasteiger partial charge >= 0.3 is 0 Å². The van der Waals surface area contributed by atoms with Gasteiger partial charge in [-0.2, -0.15) is 0 Å². The second-order valence-electron chi connectivity index (χ2n) is 4.85. The van der Waals surface area contributed by atoms with Crippen LogP contribution in [0.2, 0.25) is 0 Å². The molecule has 2 N–H and O–H groups in total. The molecule has 2 aromatic rings. The number of hydrogen-bond donors (Lipinski definition) is 2. The third-order valence-electron chi connectivity index (χ3n) is 3.31. The number of nitrogens with one attached hydrogen (secondary N) is 1. The minimum absolute atomic E-state index is 0.327. The molecule has 0 aliphatic heterocycles. The number of halogens is 1. The third kappa shape index (κ3) is 4.55. The molecule has 0 amide bonds. The van der Waals surface area contributed by atoms with Crippen LogP contribution in [0.5, 0.6) is 0 Å². The lowest BCUT2D eigenvalue weighted by Crippen LogP contribution is -2.13. The second kappa shape index (κ2) is 7.76. The molecule has 112 valence electrons. The van der Waals surface area contributed by atoms with Gasteiger partial charge in [-0.3, -0.25) is 0 Å². The summed E-state index contributed by atoms with van der Waals surface area (Å²) < 4.78 is 18.2. The van der Waals surface area contributed by atoms with E-state index in [-0.39, 0.29) is 5.82 Å². The molecule has 0 spiro atoms. The molecule has 1 atom stereocenters. The number of aliphatic hydroxyl groups is 1. The largest absolute Gasteiger partial charge is 0.387 e. The van der Waals surface area contributed by atoms with Crippen molar-refractivity contribution < 1.29 is 14.2 Å². The molecule has 3 nitrogen and oxygen atoms in total. The summed E-state index contributed by atoms with van der Waals surface area (Å²) in [4.78, 5) is 0. The van der Waals surface area contributed by atoms with Gasteiger partial charge in [-0.1, -0.05) is 30.3 Å². The molecule has 2 rings (SSSR count). The van der Waals surface area contributed by atoms with Crippen molar-refractivity contribution >= 4 is 5.69 Å². The molecule has 0 bridgehead atoms. The van der Waals surface area contributed by atoms with Gasteiger partial charge in [0.2, 0.25) is 0 Å². The number of hydrogen-bond acceptors (Lipinski definition) is 3. The Morgan fingerprint density at radius 1 is 1.19 bits per heavy atom. The quantitative estimate of drug-likeness (QED) is 0.822. The molecule has 1 unspecified atom stereocenters. The average Bonchev–Trinajstić information content (AvgIpc) is 2.51. The van der Waals surface area contributed by atoms with E-state index in [1.165, 1.54) is 12.1 Å². The first-order chi connectivity index (χ1) is 10.2. The Morgan fingerprint density at radius 2 is 2.00 bits per heavy atom. The lowest BCUT2D eigenvalue weighted by atomic mass is 10.1. The Balaban J connectivity index is 1.99. The van der Waals surface area contributed by atoms with Crippen LogP contribution < -0.4 is 5.32 Å². The molecular weight excluding hydrogens is 269 g/mol. The topological polar surface area (TPSA) is 41.5 Å². The molecule has 0 heterocycles. The van der Waals surface area contributed by atoms with E-state index < -0.39 is 6.10 Å². The van der Waals surface area contributed by atoms with Crippen molar-refractivity contribution in [1.29, 1.82) is 0 Å². The van der Waals surface area contributed by atoms with Gasteiger partial charge in [-0.25, -0.2) is 4.39 Å². The fourth-order valence-corrected chi connectivity index (χ4v) is 2.16. The summed E-state index contributed by atoms with van der Waals surface area (Å²) >= 11 is 0. The first-order valence-corrected chi connectivity index (χ1v) is 6.95. The van der Waals surface area contributed by atoms with E-state index in [1.54, 1.807) is 19.2 Å². The van der Waals surface area contributed by atoms with Crippen LogP contribution in [-0.2, 0) is 11.2 Å². The summed E-state index contributed by atoms with van der Waals surface area (Å²) in [5, 5.41) is 13.3. The lowest BCUT2D eigenvalue weighted by Gasteiger charge is -2.16. The van der Waals surface area contributed by atoms with Gasteiger partial charge in [0.1, 0.15) is 5.82 Å². The number of methoxy groups -OCH3 is 1. The van der Waals surface area contributed by atoms with Gasteiger partial charge in [0.25, 0.3) is 0 Å². The SMILES string of the molecule is COCCc1ccccc1NCC(O)c1cccc(F)c1. The Hall–Kier alpha value is -1.91. The molecule has 0 fully saturated rings. The second-order valence-corrected chi connectivity index (χ2v) is 4.85. The maximum Gasteiger partial charge on any atom is 0.123 e. The Labute approximate surface area is 124 Å². The minimum atomic E-state index is -0.754. The van der Waals surface area contributed by atoms with Crippen LogP contribution in [0.4, 0.5) is 10.1 Å². The van der Waals surface area contributed by atoms with Crippen LogP contribution in [0, 0.1) is 5.82 Å². The van der Waals surface area contributed by atoms with Crippen LogP contribution in [-0.4, -0.2) is 25.4 Å². The summed E-state index contributed by atoms with van der Waals surface area (Å²) in [6.45, 7) is 0.971. The normalized spacial score (nSPS) is 12.1. The van der Waals surface area contributed by atoms with Crippen molar-refractivity contribution in [3.63, 3.8) is 0 Å². The molecule has 2 aromatic carbocycles. The standard InChI is InChI=1S/C17H20FNO2/c1-21-10-9-13-5-2-3-8-16(13)19-12-17(20)14-6-4-7-15(18)11-14/h2-8,11,17,19-20H,9-10,12H2,1H3. The smallest absolute Gasteiger partial charge is 0.123 e. The van der Waals surface area contributed by atoms with Crippen molar-refractivity contribution in [3.8, 4) is 0 Å². The van der Waals surface area contributed by atoms with E-state index in [2.05, 4.69) is 5.32 Å². The highest BCUT2D eigenvalue weighted by atomic mass is 19.1. The van der Waals surface area contributed by atoms with Gasteiger partial charge in [0.05, 0.1) is 12.7 Å². The molecule has 0 aliphatic rings. The van der Waals surface area contributed by atoms with Gasteiger partial charge in [-0.05, 0) is 35.7 Å². The van der Waals surface area contributed by atoms with Gasteiger partial charge in [-0.15, -0.1) is 0 Å². The lowest BCUT2D eigenvalue weighted by molar-refractivity contribution is 0.191. The van der Waals surface area contributed by atoms with Crippen LogP contribution in [0.25, 0.3) is 0 Å². The van der Waals surface area contributed by atoms with Crippen LogP contribution >= 0.6 is 0 Å². The molecule has 0 aromatic heterocycles. The summed E-state index contributed by atoms with van der Waals surface area (Å²) in [5.41, 5.74) is 2.66. The molecule has 21 heavy (non-hydrogen) atoms. The van der Waals surface area contributed by atoms with E-state index in [1.807, 2.05) is 24.3 Å². The van der Waals surface area contributed by atoms with Crippen LogP contribution in [0.15, 0.2) is 48.5 Å². The van der Waals surface area contributed by atoms with Gasteiger partial charge in [0, 0.05) is 19.3 Å². The fraction of sp³-hybridized carbons (Fsp3) is 0.294. The molecule has 4 heteroatoms. The fourth-order valence-electron chi connectivity index (χ4n) is 2.16. The molecule has 0 aliphatic carbocycles. The maximum atomic E-state index is 13.1. The van der Waals surface area contributed by atoms with E-state index in [0.29, 0.717) is 18.7 Å². The maximum absolute atomic E-state index is 13.1. The highest BCUT2D eigenvalue weighted by Crippen LogP contribution is 2.19. The Kier molecular flexibility index (Phi) is 5.72. The van der Waals surface area contributed by atoms with E-state index in [9.17, 15) is 9.50 Å². The number of para-hydroxylation sites is 1. The number of aliphatic hydroxyl groups excluding tert-OH is 1. The van der Waals surface area contributed by atoms with Crippen molar-refractivity contribution in [2.75, 3.05) is 25.6 Å². The van der Waals surface area contributed by atoms with Crippen molar-refractivity contribution in [3.05, 3.63) is 65.5 Å². The van der Waals surface area contributed by atoms with Gasteiger partial charge < -0.3 is 15.2 Å². The highest BCUT2D eigenvalue weighted by Gasteiger charge is 2.09. The highest BCUT2D eigenvalue weighted by molar-refractivity contribution is 5.51. The number of ether oxygens (including phenoxy) is 1. The Morgan fingerprint density at radius 3 is 2.76 bits per heavy atom. The van der Waals surface area contributed by atoms with E-state index in [0.717, 1.165) is 17.7 Å². The zero-order valence-corrected chi connectivity index (χ0v) is 12.1. The molecule has 0 saturated heterocycles. The molecule has 0 saturated carbocycles. The monoisotopic (exact) mass is 289 g/mol. The summed E-state index contributed by atoms with van der Waals surface area (Å²) in [5.74, 6) is -0.341. The molecular formula is C17H20FNO2. The number of rotatable bonds is 7. The van der Waals surface area contributed by atoms with Crippen LogP contribution in [0.3, 0.4) is 0 Å². The van der Waals surface area contributed by atoms with E-state index >= 15 is 0 Å². The minimum Gasteiger partial charge on any atom is -0.387 e. The third-order valence-corrected chi connectivity index (χ3v) is 3.31.